The number of amides is 2. The summed E-state index contributed by atoms with van der Waals surface area (Å²) in [5.41, 5.74) is 9.07. The Balaban J connectivity index is 1.77. The van der Waals surface area contributed by atoms with Crippen LogP contribution in [0.2, 0.25) is 0 Å². The van der Waals surface area contributed by atoms with Gasteiger partial charge >= 0.3 is 0 Å². The summed E-state index contributed by atoms with van der Waals surface area (Å²) in [4.78, 5) is 25.8. The second-order valence-corrected chi connectivity index (χ2v) is 8.08. The molecule has 2 amide bonds. The summed E-state index contributed by atoms with van der Waals surface area (Å²) in [5, 5.41) is 8.61. The maximum absolute atomic E-state index is 12.2. The third-order valence-corrected chi connectivity index (χ3v) is 5.30. The number of benzene rings is 2. The monoisotopic (exact) mass is 421 g/mol. The molecule has 0 aliphatic carbocycles. The lowest BCUT2D eigenvalue weighted by Gasteiger charge is -2.23. The number of nitrogens with two attached hydrogens (primary N) is 1. The summed E-state index contributed by atoms with van der Waals surface area (Å²) in [7, 11) is 3.69. The van der Waals surface area contributed by atoms with E-state index < -0.39 is 5.91 Å². The normalized spacial score (nSPS) is 16.5. The van der Waals surface area contributed by atoms with Crippen molar-refractivity contribution in [1.29, 1.82) is 0 Å². The number of likely N-dealkylation sites (N-methyl/N-ethyl adjacent to an activating group) is 1. The molecule has 31 heavy (non-hydrogen) atoms. The molecule has 3 aromatic rings. The van der Waals surface area contributed by atoms with Crippen molar-refractivity contribution >= 4 is 28.4 Å². The van der Waals surface area contributed by atoms with E-state index in [0.29, 0.717) is 24.4 Å². The van der Waals surface area contributed by atoms with Gasteiger partial charge in [0.25, 0.3) is 0 Å². The first-order valence-electron chi connectivity index (χ1n) is 10.4. The summed E-state index contributed by atoms with van der Waals surface area (Å²) in [5.74, 6) is -0.580. The van der Waals surface area contributed by atoms with Crippen LogP contribution < -0.4 is 11.1 Å². The van der Waals surface area contributed by atoms with Gasteiger partial charge < -0.3 is 20.7 Å². The number of carbonyl (C=O) groups is 2. The van der Waals surface area contributed by atoms with Crippen molar-refractivity contribution in [1.82, 2.24) is 14.7 Å². The highest BCUT2D eigenvalue weighted by atomic mass is 16.5. The minimum absolute atomic E-state index is 0.0934. The highest BCUT2D eigenvalue weighted by Gasteiger charge is 2.22. The van der Waals surface area contributed by atoms with Crippen molar-refractivity contribution in [2.45, 2.75) is 25.5 Å². The zero-order valence-electron chi connectivity index (χ0n) is 17.8. The predicted molar refractivity (Wildman–Crippen MR) is 120 cm³/mol. The summed E-state index contributed by atoms with van der Waals surface area (Å²) in [6.45, 7) is 0.997. The first-order chi connectivity index (χ1) is 14.9. The molecule has 2 aromatic carbocycles. The van der Waals surface area contributed by atoms with E-state index in [1.807, 2.05) is 54.0 Å². The van der Waals surface area contributed by atoms with Gasteiger partial charge in [-0.05, 0) is 63.7 Å². The second-order valence-electron chi connectivity index (χ2n) is 8.08. The Bertz CT molecular complexity index is 1120. The van der Waals surface area contributed by atoms with E-state index >= 15 is 0 Å². The van der Waals surface area contributed by atoms with Gasteiger partial charge in [0.1, 0.15) is 5.69 Å². The number of anilines is 1. The van der Waals surface area contributed by atoms with Gasteiger partial charge in [0, 0.05) is 28.8 Å². The van der Waals surface area contributed by atoms with E-state index in [0.717, 1.165) is 41.4 Å². The van der Waals surface area contributed by atoms with Crippen LogP contribution in [0.1, 0.15) is 35.8 Å². The highest BCUT2D eigenvalue weighted by Crippen LogP contribution is 2.34. The van der Waals surface area contributed by atoms with Gasteiger partial charge in [0.2, 0.25) is 11.8 Å². The fraction of sp³-hybridized carbons (Fsp3) is 0.348. The molecule has 1 aliphatic rings. The van der Waals surface area contributed by atoms with Gasteiger partial charge in [0.05, 0.1) is 12.1 Å². The van der Waals surface area contributed by atoms with E-state index in [1.54, 1.807) is 12.1 Å². The smallest absolute Gasteiger partial charge is 0.248 e. The minimum Gasteiger partial charge on any atom is -0.366 e. The zero-order chi connectivity index (χ0) is 22.0. The van der Waals surface area contributed by atoms with Crippen LogP contribution >= 0.6 is 0 Å². The lowest BCUT2D eigenvalue weighted by molar-refractivity contribution is -0.116. The Morgan fingerprint density at radius 3 is 2.77 bits per heavy atom. The van der Waals surface area contributed by atoms with Crippen LogP contribution in [0, 0.1) is 0 Å². The summed E-state index contributed by atoms with van der Waals surface area (Å²) >= 11 is 0. The molecule has 1 aliphatic heterocycles. The fourth-order valence-electron chi connectivity index (χ4n) is 3.88. The van der Waals surface area contributed by atoms with Crippen LogP contribution in [0.4, 0.5) is 5.69 Å². The van der Waals surface area contributed by atoms with Gasteiger partial charge in [0.15, 0.2) is 6.23 Å². The van der Waals surface area contributed by atoms with Gasteiger partial charge in [-0.15, -0.1) is 0 Å². The number of carbonyl (C=O) groups excluding carboxylic acids is 2. The topological polar surface area (TPSA) is 102 Å². The number of primary amides is 1. The van der Waals surface area contributed by atoms with Crippen LogP contribution in [0.3, 0.4) is 0 Å². The molecule has 0 radical (unpaired) electrons. The second kappa shape index (κ2) is 8.87. The van der Waals surface area contributed by atoms with Crippen molar-refractivity contribution < 1.29 is 14.3 Å². The number of rotatable bonds is 6. The van der Waals surface area contributed by atoms with Gasteiger partial charge in [-0.3, -0.25) is 9.59 Å². The number of nitrogens with one attached hydrogen (secondary N) is 1. The molecule has 1 saturated heterocycles. The number of fused-ring (bicyclic) bond motifs is 1. The minimum atomic E-state index is -0.487. The number of ether oxygens (including phenoxy) is 1. The van der Waals surface area contributed by atoms with E-state index in [-0.39, 0.29) is 12.1 Å². The predicted octanol–water partition coefficient (Wildman–Crippen LogP) is 3.00. The molecule has 2 heterocycles. The standard InChI is InChI=1S/C23H27N5O3/c1-27(2)14-20(29)25-17-7-5-6-15(12-17)22-18-13-16(23(24)30)9-10-19(18)28(26-22)21-8-3-4-11-31-21/h5-7,9-10,12-13,21H,3-4,8,11,14H2,1-2H3,(H2,24,30)(H,25,29). The summed E-state index contributed by atoms with van der Waals surface area (Å²) < 4.78 is 7.85. The Kier molecular flexibility index (Phi) is 6.01. The zero-order valence-corrected chi connectivity index (χ0v) is 17.8. The van der Waals surface area contributed by atoms with Gasteiger partial charge in [-0.1, -0.05) is 12.1 Å². The average molecular weight is 422 g/mol. The fourth-order valence-corrected chi connectivity index (χ4v) is 3.88. The highest BCUT2D eigenvalue weighted by molar-refractivity contribution is 6.01. The largest absolute Gasteiger partial charge is 0.366 e. The number of nitrogens with zero attached hydrogens (tertiary/aromatic N) is 3. The lowest BCUT2D eigenvalue weighted by Crippen LogP contribution is -2.27. The molecule has 1 fully saturated rings. The van der Waals surface area contributed by atoms with E-state index in [4.69, 9.17) is 15.6 Å². The first kappa shape index (κ1) is 21.0. The Labute approximate surface area is 181 Å². The van der Waals surface area contributed by atoms with Crippen LogP contribution in [0.5, 0.6) is 0 Å². The van der Waals surface area contributed by atoms with Crippen molar-refractivity contribution in [2.75, 3.05) is 32.6 Å². The van der Waals surface area contributed by atoms with Crippen LogP contribution in [0.15, 0.2) is 42.5 Å². The molecular weight excluding hydrogens is 394 g/mol. The quantitative estimate of drug-likeness (QED) is 0.637. The third kappa shape index (κ3) is 4.60. The molecular formula is C23H27N5O3. The Morgan fingerprint density at radius 2 is 2.06 bits per heavy atom. The number of hydrogen-bond donors (Lipinski definition) is 2. The van der Waals surface area contributed by atoms with Crippen LogP contribution in [0.25, 0.3) is 22.2 Å². The Hall–Kier alpha value is -3.23. The molecule has 162 valence electrons. The van der Waals surface area contributed by atoms with E-state index in [2.05, 4.69) is 5.32 Å². The molecule has 0 saturated carbocycles. The van der Waals surface area contributed by atoms with E-state index in [1.165, 1.54) is 0 Å². The molecule has 0 bridgehead atoms. The average Bonchev–Trinajstić information content (AvgIpc) is 3.13. The summed E-state index contributed by atoms with van der Waals surface area (Å²) in [6.07, 6.45) is 2.86. The van der Waals surface area contributed by atoms with Crippen molar-refractivity contribution in [3.05, 3.63) is 48.0 Å². The van der Waals surface area contributed by atoms with Crippen molar-refractivity contribution in [2.24, 2.45) is 5.73 Å². The summed E-state index contributed by atoms with van der Waals surface area (Å²) in [6, 6.07) is 12.9. The van der Waals surface area contributed by atoms with E-state index in [9.17, 15) is 9.59 Å². The van der Waals surface area contributed by atoms with Crippen LogP contribution in [-0.4, -0.2) is 53.7 Å². The molecule has 8 heteroatoms. The lowest BCUT2D eigenvalue weighted by atomic mass is 10.0. The first-order valence-corrected chi connectivity index (χ1v) is 10.4. The molecule has 1 atom stereocenters. The molecule has 8 nitrogen and oxygen atoms in total. The molecule has 4 rings (SSSR count). The number of hydrogen-bond acceptors (Lipinski definition) is 5. The number of aromatic nitrogens is 2. The van der Waals surface area contributed by atoms with Crippen LogP contribution in [-0.2, 0) is 9.53 Å². The van der Waals surface area contributed by atoms with Crippen molar-refractivity contribution in [3.8, 4) is 11.3 Å². The maximum Gasteiger partial charge on any atom is 0.248 e. The Morgan fingerprint density at radius 1 is 1.23 bits per heavy atom. The molecule has 1 unspecified atom stereocenters. The van der Waals surface area contributed by atoms with Crippen molar-refractivity contribution in [3.63, 3.8) is 0 Å². The molecule has 3 N–H and O–H groups in total. The molecule has 1 aromatic heterocycles. The maximum atomic E-state index is 12.2. The SMILES string of the molecule is CN(C)CC(=O)Nc1cccc(-c2nn(C3CCCCO3)c3ccc(C(N)=O)cc23)c1. The van der Waals surface area contributed by atoms with Gasteiger partial charge in [-0.2, -0.15) is 5.10 Å². The van der Waals surface area contributed by atoms with Gasteiger partial charge in [-0.25, -0.2) is 4.68 Å². The molecule has 0 spiro atoms. The third-order valence-electron chi connectivity index (χ3n) is 5.30.